The van der Waals surface area contributed by atoms with Gasteiger partial charge in [-0.25, -0.2) is 0 Å². The number of carbonyl (C=O) groups excluding carboxylic acids is 1. The molecule has 1 amide bonds. The number of aryl methyl sites for hydroxylation is 1. The molecule has 0 aliphatic carbocycles. The van der Waals surface area contributed by atoms with Gasteiger partial charge in [0.2, 0.25) is 0 Å². The first-order chi connectivity index (χ1) is 12.5. The molecule has 1 fully saturated rings. The first-order valence-electron chi connectivity index (χ1n) is 9.30. The molecule has 2 aromatic carbocycles. The molecule has 1 aliphatic rings. The molecule has 0 spiro atoms. The quantitative estimate of drug-likeness (QED) is 0.895. The van der Waals surface area contributed by atoms with Crippen LogP contribution in [0.1, 0.15) is 40.9 Å². The average molecular weight is 352 g/mol. The fourth-order valence-corrected chi connectivity index (χ4v) is 3.60. The van der Waals surface area contributed by atoms with E-state index in [1.807, 2.05) is 37.3 Å². The van der Waals surface area contributed by atoms with E-state index in [1.165, 1.54) is 11.1 Å². The molecule has 2 aromatic rings. The summed E-state index contributed by atoms with van der Waals surface area (Å²) in [6.07, 6.45) is 0.513. The smallest absolute Gasteiger partial charge is 0.251 e. The molecule has 0 aromatic heterocycles. The molecular weight excluding hydrogens is 324 g/mol. The van der Waals surface area contributed by atoms with Crippen molar-refractivity contribution in [3.05, 3.63) is 70.8 Å². The molecule has 4 nitrogen and oxygen atoms in total. The van der Waals surface area contributed by atoms with Gasteiger partial charge in [-0.2, -0.15) is 0 Å². The molecule has 26 heavy (non-hydrogen) atoms. The van der Waals surface area contributed by atoms with Crippen LogP contribution in [0.15, 0.2) is 48.5 Å². The summed E-state index contributed by atoms with van der Waals surface area (Å²) in [7, 11) is 0. The topological polar surface area (TPSA) is 41.6 Å². The van der Waals surface area contributed by atoms with Crippen molar-refractivity contribution in [1.29, 1.82) is 0 Å². The van der Waals surface area contributed by atoms with E-state index in [2.05, 4.69) is 42.3 Å². The highest BCUT2D eigenvalue weighted by molar-refractivity contribution is 5.94. The van der Waals surface area contributed by atoms with Crippen molar-refractivity contribution in [3.8, 4) is 0 Å². The molecule has 1 aliphatic heterocycles. The van der Waals surface area contributed by atoms with Crippen molar-refractivity contribution >= 4 is 5.91 Å². The zero-order valence-electron chi connectivity index (χ0n) is 15.9. The van der Waals surface area contributed by atoms with Crippen LogP contribution >= 0.6 is 0 Å². The van der Waals surface area contributed by atoms with Gasteiger partial charge in [-0.05, 0) is 44.0 Å². The number of nitrogens with zero attached hydrogens (tertiary/aromatic N) is 1. The highest BCUT2D eigenvalue weighted by Gasteiger charge is 2.22. The summed E-state index contributed by atoms with van der Waals surface area (Å²) in [5, 5.41) is 3.06. The SMILES string of the molecule is Cc1cccc(C(=O)NCc2ccccc2CN2C[C@@H](C)O[C@@H](C)C2)c1. The number of rotatable bonds is 5. The van der Waals surface area contributed by atoms with Gasteiger partial charge in [0.15, 0.2) is 0 Å². The van der Waals surface area contributed by atoms with Crippen molar-refractivity contribution in [2.45, 2.75) is 46.1 Å². The molecular formula is C22H28N2O2. The minimum absolute atomic E-state index is 0.0304. The Morgan fingerprint density at radius 1 is 1.08 bits per heavy atom. The lowest BCUT2D eigenvalue weighted by atomic mass is 10.1. The van der Waals surface area contributed by atoms with Crippen LogP contribution < -0.4 is 5.32 Å². The Morgan fingerprint density at radius 2 is 1.77 bits per heavy atom. The number of ether oxygens (including phenoxy) is 1. The number of carbonyl (C=O) groups is 1. The summed E-state index contributed by atoms with van der Waals surface area (Å²) in [6.45, 7) is 9.54. The van der Waals surface area contributed by atoms with Crippen molar-refractivity contribution in [2.24, 2.45) is 0 Å². The third kappa shape index (κ3) is 4.93. The second kappa shape index (κ2) is 8.47. The van der Waals surface area contributed by atoms with E-state index in [0.717, 1.165) is 25.2 Å². The molecule has 1 saturated heterocycles. The Balaban J connectivity index is 1.64. The van der Waals surface area contributed by atoms with Gasteiger partial charge < -0.3 is 10.1 Å². The average Bonchev–Trinajstić information content (AvgIpc) is 2.60. The Morgan fingerprint density at radius 3 is 2.46 bits per heavy atom. The van der Waals surface area contributed by atoms with Crippen LogP contribution in [-0.4, -0.2) is 36.1 Å². The van der Waals surface area contributed by atoms with Gasteiger partial charge in [0.1, 0.15) is 0 Å². The van der Waals surface area contributed by atoms with Gasteiger partial charge in [-0.15, -0.1) is 0 Å². The lowest BCUT2D eigenvalue weighted by Crippen LogP contribution is -2.45. The van der Waals surface area contributed by atoms with Gasteiger partial charge in [-0.3, -0.25) is 9.69 Å². The van der Waals surface area contributed by atoms with Crippen molar-refractivity contribution in [2.75, 3.05) is 13.1 Å². The van der Waals surface area contributed by atoms with E-state index in [4.69, 9.17) is 4.74 Å². The zero-order chi connectivity index (χ0) is 18.5. The highest BCUT2D eigenvalue weighted by Crippen LogP contribution is 2.17. The van der Waals surface area contributed by atoms with E-state index in [1.54, 1.807) is 0 Å². The second-order valence-electron chi connectivity index (χ2n) is 7.27. The second-order valence-corrected chi connectivity index (χ2v) is 7.27. The maximum absolute atomic E-state index is 12.4. The van der Waals surface area contributed by atoms with Gasteiger partial charge in [-0.1, -0.05) is 42.0 Å². The first-order valence-corrected chi connectivity index (χ1v) is 9.30. The van der Waals surface area contributed by atoms with Crippen LogP contribution in [-0.2, 0) is 17.8 Å². The third-order valence-corrected chi connectivity index (χ3v) is 4.73. The molecule has 4 heteroatoms. The van der Waals surface area contributed by atoms with Gasteiger partial charge in [0.05, 0.1) is 12.2 Å². The van der Waals surface area contributed by atoms with Crippen LogP contribution in [0.25, 0.3) is 0 Å². The molecule has 0 saturated carbocycles. The molecule has 1 heterocycles. The fourth-order valence-electron chi connectivity index (χ4n) is 3.60. The van der Waals surface area contributed by atoms with Gasteiger partial charge >= 0.3 is 0 Å². The Kier molecular flexibility index (Phi) is 6.07. The molecule has 2 atom stereocenters. The largest absolute Gasteiger partial charge is 0.373 e. The zero-order valence-corrected chi connectivity index (χ0v) is 15.9. The number of nitrogens with one attached hydrogen (secondary N) is 1. The van der Waals surface area contributed by atoms with Crippen molar-refractivity contribution < 1.29 is 9.53 Å². The highest BCUT2D eigenvalue weighted by atomic mass is 16.5. The predicted octanol–water partition coefficient (Wildman–Crippen LogP) is 3.53. The number of hydrogen-bond donors (Lipinski definition) is 1. The summed E-state index contributed by atoms with van der Waals surface area (Å²) in [5.74, 6) is -0.0304. The maximum Gasteiger partial charge on any atom is 0.251 e. The van der Waals surface area contributed by atoms with E-state index in [-0.39, 0.29) is 18.1 Å². The predicted molar refractivity (Wildman–Crippen MR) is 104 cm³/mol. The normalized spacial score (nSPS) is 20.7. The molecule has 138 valence electrons. The number of morpholine rings is 1. The Bertz CT molecular complexity index is 749. The lowest BCUT2D eigenvalue weighted by Gasteiger charge is -2.35. The summed E-state index contributed by atoms with van der Waals surface area (Å²) in [6, 6.07) is 16.0. The molecule has 0 bridgehead atoms. The summed E-state index contributed by atoms with van der Waals surface area (Å²) < 4.78 is 5.82. The van der Waals surface area contributed by atoms with Crippen molar-refractivity contribution in [1.82, 2.24) is 10.2 Å². The summed E-state index contributed by atoms with van der Waals surface area (Å²) >= 11 is 0. The van der Waals surface area contributed by atoms with Crippen molar-refractivity contribution in [3.63, 3.8) is 0 Å². The number of benzene rings is 2. The summed E-state index contributed by atoms with van der Waals surface area (Å²) in [4.78, 5) is 14.9. The first kappa shape index (κ1) is 18.6. The number of amides is 1. The Hall–Kier alpha value is -2.17. The minimum Gasteiger partial charge on any atom is -0.373 e. The van der Waals surface area contributed by atoms with Crippen LogP contribution in [0.5, 0.6) is 0 Å². The van der Waals surface area contributed by atoms with Crippen LogP contribution in [0.2, 0.25) is 0 Å². The van der Waals surface area contributed by atoms with Crippen LogP contribution in [0, 0.1) is 6.92 Å². The molecule has 0 unspecified atom stereocenters. The maximum atomic E-state index is 12.4. The number of hydrogen-bond acceptors (Lipinski definition) is 3. The minimum atomic E-state index is -0.0304. The van der Waals surface area contributed by atoms with Crippen LogP contribution in [0.4, 0.5) is 0 Å². The van der Waals surface area contributed by atoms with E-state index in [0.29, 0.717) is 12.1 Å². The third-order valence-electron chi connectivity index (χ3n) is 4.73. The van der Waals surface area contributed by atoms with E-state index >= 15 is 0 Å². The molecule has 0 radical (unpaired) electrons. The standard InChI is InChI=1S/C22H28N2O2/c1-16-7-6-10-19(11-16)22(25)23-12-20-8-4-5-9-21(20)15-24-13-17(2)26-18(3)14-24/h4-11,17-18H,12-15H2,1-3H3,(H,23,25)/t17-,18+. The molecule has 3 rings (SSSR count). The summed E-state index contributed by atoms with van der Waals surface area (Å²) in [5.41, 5.74) is 4.23. The Labute approximate surface area is 156 Å². The fraction of sp³-hybridized carbons (Fsp3) is 0.409. The van der Waals surface area contributed by atoms with Gasteiger partial charge in [0.25, 0.3) is 5.91 Å². The lowest BCUT2D eigenvalue weighted by molar-refractivity contribution is -0.0705. The van der Waals surface area contributed by atoms with E-state index in [9.17, 15) is 4.79 Å². The monoisotopic (exact) mass is 352 g/mol. The van der Waals surface area contributed by atoms with E-state index < -0.39 is 0 Å². The van der Waals surface area contributed by atoms with Gasteiger partial charge in [0, 0.05) is 31.7 Å². The van der Waals surface area contributed by atoms with Crippen LogP contribution in [0.3, 0.4) is 0 Å². The molecule has 1 N–H and O–H groups in total.